The highest BCUT2D eigenvalue weighted by Gasteiger charge is 2.15. The van der Waals surface area contributed by atoms with Gasteiger partial charge in [0.25, 0.3) is 0 Å². The van der Waals surface area contributed by atoms with Crippen LogP contribution in [0.15, 0.2) is 36.4 Å². The summed E-state index contributed by atoms with van der Waals surface area (Å²) in [5, 5.41) is 8.82. The van der Waals surface area contributed by atoms with Gasteiger partial charge >= 0.3 is 5.97 Å². The minimum Gasteiger partial charge on any atom is -0.478 e. The number of carbonyl (C=O) groups is 1. The van der Waals surface area contributed by atoms with E-state index in [-0.39, 0.29) is 5.56 Å². The number of carboxylic acids is 1. The van der Waals surface area contributed by atoms with E-state index in [0.29, 0.717) is 11.1 Å². The number of hydrogen-bond donors (Lipinski definition) is 1. The molecule has 2 aromatic carbocycles. The van der Waals surface area contributed by atoms with Crippen LogP contribution in [0.3, 0.4) is 0 Å². The summed E-state index contributed by atoms with van der Waals surface area (Å²) in [5.41, 5.74) is 0.425. The third-order valence-corrected chi connectivity index (χ3v) is 2.71. The summed E-state index contributed by atoms with van der Waals surface area (Å²) < 4.78 is 27.4. The smallest absolute Gasteiger partial charge is 0.338 e. The van der Waals surface area contributed by atoms with Crippen LogP contribution in [0.5, 0.6) is 0 Å². The first kappa shape index (κ1) is 12.2. The molecule has 92 valence electrons. The fourth-order valence-corrected chi connectivity index (χ4v) is 1.68. The Hall–Kier alpha value is -2.23. The number of halogens is 2. The quantitative estimate of drug-likeness (QED) is 0.880. The molecule has 0 saturated carbocycles. The van der Waals surface area contributed by atoms with Crippen molar-refractivity contribution < 1.29 is 18.7 Å². The van der Waals surface area contributed by atoms with Crippen molar-refractivity contribution in [2.75, 3.05) is 0 Å². The van der Waals surface area contributed by atoms with Gasteiger partial charge in [-0.25, -0.2) is 13.6 Å². The Morgan fingerprint density at radius 2 is 1.89 bits per heavy atom. The summed E-state index contributed by atoms with van der Waals surface area (Å²) in [6.45, 7) is 1.60. The molecule has 0 radical (unpaired) electrons. The normalized spacial score (nSPS) is 10.4. The van der Waals surface area contributed by atoms with Gasteiger partial charge in [0.2, 0.25) is 0 Å². The van der Waals surface area contributed by atoms with Crippen molar-refractivity contribution in [3.63, 3.8) is 0 Å². The summed E-state index contributed by atoms with van der Waals surface area (Å²) in [6.07, 6.45) is 0. The van der Waals surface area contributed by atoms with Crippen molar-refractivity contribution in [1.29, 1.82) is 0 Å². The molecule has 0 aromatic heterocycles. The summed E-state index contributed by atoms with van der Waals surface area (Å²) in [4.78, 5) is 10.8. The van der Waals surface area contributed by atoms with Gasteiger partial charge in [-0.1, -0.05) is 24.3 Å². The van der Waals surface area contributed by atoms with Crippen LogP contribution in [0.2, 0.25) is 0 Å². The minimum absolute atomic E-state index is 0.0776. The molecule has 18 heavy (non-hydrogen) atoms. The maximum atomic E-state index is 13.9. The minimum atomic E-state index is -1.35. The van der Waals surface area contributed by atoms with E-state index in [1.54, 1.807) is 13.0 Å². The van der Waals surface area contributed by atoms with Crippen LogP contribution in [0, 0.1) is 18.6 Å². The molecule has 2 nitrogen and oxygen atoms in total. The van der Waals surface area contributed by atoms with E-state index in [9.17, 15) is 13.6 Å². The van der Waals surface area contributed by atoms with Crippen LogP contribution < -0.4 is 0 Å². The lowest BCUT2D eigenvalue weighted by atomic mass is 10.0. The first-order chi connectivity index (χ1) is 8.50. The monoisotopic (exact) mass is 248 g/mol. The molecule has 0 amide bonds. The highest BCUT2D eigenvalue weighted by atomic mass is 19.1. The highest BCUT2D eigenvalue weighted by Crippen LogP contribution is 2.26. The second-order valence-corrected chi connectivity index (χ2v) is 3.94. The van der Waals surface area contributed by atoms with Crippen LogP contribution >= 0.6 is 0 Å². The fraction of sp³-hybridized carbons (Fsp3) is 0.0714. The van der Waals surface area contributed by atoms with Gasteiger partial charge in [-0.15, -0.1) is 0 Å². The van der Waals surface area contributed by atoms with Gasteiger partial charge in [-0.05, 0) is 30.2 Å². The van der Waals surface area contributed by atoms with Gasteiger partial charge in [-0.3, -0.25) is 0 Å². The molecule has 1 N–H and O–H groups in total. The molecular formula is C14H10F2O2. The molecule has 2 rings (SSSR count). The van der Waals surface area contributed by atoms with E-state index in [1.165, 1.54) is 30.3 Å². The van der Waals surface area contributed by atoms with Crippen LogP contribution in [-0.2, 0) is 0 Å². The number of benzene rings is 2. The van der Waals surface area contributed by atoms with E-state index in [1.807, 2.05) is 0 Å². The van der Waals surface area contributed by atoms with Crippen molar-refractivity contribution in [1.82, 2.24) is 0 Å². The summed E-state index contributed by atoms with van der Waals surface area (Å²) >= 11 is 0. The lowest BCUT2D eigenvalue weighted by Gasteiger charge is -2.07. The highest BCUT2D eigenvalue weighted by molar-refractivity contribution is 5.90. The van der Waals surface area contributed by atoms with Gasteiger partial charge < -0.3 is 5.11 Å². The zero-order valence-electron chi connectivity index (χ0n) is 9.58. The topological polar surface area (TPSA) is 37.3 Å². The van der Waals surface area contributed by atoms with E-state index in [2.05, 4.69) is 0 Å². The zero-order valence-corrected chi connectivity index (χ0v) is 9.58. The predicted octanol–water partition coefficient (Wildman–Crippen LogP) is 3.64. The maximum absolute atomic E-state index is 13.9. The molecule has 0 aliphatic carbocycles. The maximum Gasteiger partial charge on any atom is 0.338 e. The second kappa shape index (κ2) is 4.56. The molecule has 2 aromatic rings. The average molecular weight is 248 g/mol. The summed E-state index contributed by atoms with van der Waals surface area (Å²) in [6, 6.07) is 8.30. The van der Waals surface area contributed by atoms with Crippen LogP contribution in [0.25, 0.3) is 11.1 Å². The lowest BCUT2D eigenvalue weighted by molar-refractivity contribution is 0.0692. The lowest BCUT2D eigenvalue weighted by Crippen LogP contribution is -2.01. The number of rotatable bonds is 2. The SMILES string of the molecule is Cc1ccc(-c2cccc(C(=O)O)c2F)cc1F. The number of aromatic carboxylic acids is 1. The molecule has 0 unspecified atom stereocenters. The van der Waals surface area contributed by atoms with E-state index >= 15 is 0 Å². The predicted molar refractivity (Wildman–Crippen MR) is 63.5 cm³/mol. The Kier molecular flexibility index (Phi) is 3.10. The molecule has 0 heterocycles. The number of hydrogen-bond acceptors (Lipinski definition) is 1. The van der Waals surface area contributed by atoms with E-state index in [0.717, 1.165) is 0 Å². The van der Waals surface area contributed by atoms with Crippen molar-refractivity contribution in [2.45, 2.75) is 6.92 Å². The third kappa shape index (κ3) is 2.09. The number of aryl methyl sites for hydroxylation is 1. The molecule has 0 atom stereocenters. The van der Waals surface area contributed by atoms with Crippen molar-refractivity contribution in [3.05, 3.63) is 59.2 Å². The molecule has 0 fully saturated rings. The molecule has 0 spiro atoms. The summed E-state index contributed by atoms with van der Waals surface area (Å²) in [7, 11) is 0. The Bertz CT molecular complexity index is 621. The van der Waals surface area contributed by atoms with Gasteiger partial charge in [0.05, 0.1) is 5.56 Å². The van der Waals surface area contributed by atoms with Crippen LogP contribution in [0.1, 0.15) is 15.9 Å². The first-order valence-electron chi connectivity index (χ1n) is 5.29. The van der Waals surface area contributed by atoms with Crippen LogP contribution in [0.4, 0.5) is 8.78 Å². The molecule has 0 saturated heterocycles. The van der Waals surface area contributed by atoms with Crippen LogP contribution in [-0.4, -0.2) is 11.1 Å². The Morgan fingerprint density at radius 1 is 1.17 bits per heavy atom. The zero-order chi connectivity index (χ0) is 13.3. The second-order valence-electron chi connectivity index (χ2n) is 3.94. The Morgan fingerprint density at radius 3 is 2.50 bits per heavy atom. The van der Waals surface area contributed by atoms with Gasteiger partial charge in [0, 0.05) is 5.56 Å². The molecular weight excluding hydrogens is 238 g/mol. The van der Waals surface area contributed by atoms with Gasteiger partial charge in [0.1, 0.15) is 11.6 Å². The van der Waals surface area contributed by atoms with Gasteiger partial charge in [0.15, 0.2) is 0 Å². The Balaban J connectivity index is 2.60. The first-order valence-corrected chi connectivity index (χ1v) is 5.29. The summed E-state index contributed by atoms with van der Waals surface area (Å²) in [5.74, 6) is -2.65. The van der Waals surface area contributed by atoms with Crippen molar-refractivity contribution in [2.24, 2.45) is 0 Å². The Labute approximate surface area is 103 Å². The third-order valence-electron chi connectivity index (χ3n) is 2.71. The molecule has 4 heteroatoms. The van der Waals surface area contributed by atoms with Gasteiger partial charge in [-0.2, -0.15) is 0 Å². The van der Waals surface area contributed by atoms with E-state index in [4.69, 9.17) is 5.11 Å². The molecule has 0 aliphatic rings. The largest absolute Gasteiger partial charge is 0.478 e. The molecule has 0 bridgehead atoms. The average Bonchev–Trinajstić information content (AvgIpc) is 2.33. The van der Waals surface area contributed by atoms with E-state index < -0.39 is 23.2 Å². The van der Waals surface area contributed by atoms with Crippen molar-refractivity contribution >= 4 is 5.97 Å². The standard InChI is InChI=1S/C14H10F2O2/c1-8-5-6-9(7-12(8)15)10-3-2-4-11(13(10)16)14(17)18/h2-7H,1H3,(H,17,18). The molecule has 0 aliphatic heterocycles. The number of carboxylic acid groups (broad SMARTS) is 1. The van der Waals surface area contributed by atoms with Crippen molar-refractivity contribution in [3.8, 4) is 11.1 Å². The fourth-order valence-electron chi connectivity index (χ4n) is 1.68.